The molecule has 1 N–H and O–H groups in total. The molecule has 1 saturated carbocycles. The summed E-state index contributed by atoms with van der Waals surface area (Å²) < 4.78 is 5.69. The van der Waals surface area contributed by atoms with E-state index in [1.165, 1.54) is 32.4 Å². The summed E-state index contributed by atoms with van der Waals surface area (Å²) in [5, 5.41) is 3.64. The molecule has 1 saturated heterocycles. The highest BCUT2D eigenvalue weighted by Gasteiger charge is 2.32. The maximum absolute atomic E-state index is 5.69. The lowest BCUT2D eigenvalue weighted by molar-refractivity contribution is 0.0660. The van der Waals surface area contributed by atoms with E-state index in [0.29, 0.717) is 6.10 Å². The van der Waals surface area contributed by atoms with E-state index in [4.69, 9.17) is 4.74 Å². The maximum atomic E-state index is 5.69. The van der Waals surface area contributed by atoms with E-state index in [-0.39, 0.29) is 0 Å². The number of hydrogen-bond donors (Lipinski definition) is 1. The molecule has 2 fully saturated rings. The van der Waals surface area contributed by atoms with Gasteiger partial charge in [-0.1, -0.05) is 6.92 Å². The zero-order chi connectivity index (χ0) is 11.4. The molecule has 2 rings (SSSR count). The third-order valence-corrected chi connectivity index (χ3v) is 3.65. The zero-order valence-corrected chi connectivity index (χ0v) is 10.7. The Kier molecular flexibility index (Phi) is 4.62. The minimum Gasteiger partial charge on any atom is -0.377 e. The first kappa shape index (κ1) is 12.3. The second kappa shape index (κ2) is 5.99. The first-order chi connectivity index (χ1) is 7.79. The minimum absolute atomic E-state index is 0.406. The highest BCUT2D eigenvalue weighted by molar-refractivity contribution is 4.88. The van der Waals surface area contributed by atoms with Crippen LogP contribution in [0.25, 0.3) is 0 Å². The van der Waals surface area contributed by atoms with E-state index in [0.717, 1.165) is 31.7 Å². The van der Waals surface area contributed by atoms with Gasteiger partial charge in [0.1, 0.15) is 0 Å². The van der Waals surface area contributed by atoms with Crippen molar-refractivity contribution in [1.29, 1.82) is 0 Å². The summed E-state index contributed by atoms with van der Waals surface area (Å²) in [6.07, 6.45) is 4.45. The number of nitrogens with one attached hydrogen (secondary N) is 1. The van der Waals surface area contributed by atoms with Crippen LogP contribution in [0.1, 0.15) is 33.1 Å². The molecule has 1 aliphatic heterocycles. The van der Waals surface area contributed by atoms with Gasteiger partial charge in [-0.15, -0.1) is 0 Å². The van der Waals surface area contributed by atoms with E-state index in [2.05, 4.69) is 24.1 Å². The number of hydrogen-bond acceptors (Lipinski definition) is 3. The van der Waals surface area contributed by atoms with Crippen LogP contribution in [0.15, 0.2) is 0 Å². The van der Waals surface area contributed by atoms with E-state index in [9.17, 15) is 0 Å². The molecule has 2 unspecified atom stereocenters. The van der Waals surface area contributed by atoms with Crippen molar-refractivity contribution in [3.8, 4) is 0 Å². The second-order valence-corrected chi connectivity index (χ2v) is 5.30. The van der Waals surface area contributed by atoms with Crippen molar-refractivity contribution in [3.63, 3.8) is 0 Å². The molecule has 1 heterocycles. The van der Waals surface area contributed by atoms with Crippen LogP contribution in [0.3, 0.4) is 0 Å². The molecule has 3 heteroatoms. The fraction of sp³-hybridized carbons (Fsp3) is 1.00. The van der Waals surface area contributed by atoms with Gasteiger partial charge < -0.3 is 10.1 Å². The van der Waals surface area contributed by atoms with Crippen molar-refractivity contribution in [2.24, 2.45) is 5.92 Å². The molecule has 0 amide bonds. The van der Waals surface area contributed by atoms with Crippen molar-refractivity contribution in [2.45, 2.75) is 45.3 Å². The Morgan fingerprint density at radius 3 is 2.94 bits per heavy atom. The highest BCUT2D eigenvalue weighted by atomic mass is 16.5. The van der Waals surface area contributed by atoms with Gasteiger partial charge in [-0.05, 0) is 38.6 Å². The molecule has 16 heavy (non-hydrogen) atoms. The lowest BCUT2D eigenvalue weighted by Crippen LogP contribution is -2.44. The van der Waals surface area contributed by atoms with E-state index in [1.54, 1.807) is 0 Å². The molecule has 3 nitrogen and oxygen atoms in total. The van der Waals surface area contributed by atoms with Crippen LogP contribution in [0, 0.1) is 5.92 Å². The van der Waals surface area contributed by atoms with E-state index < -0.39 is 0 Å². The van der Waals surface area contributed by atoms with Gasteiger partial charge in [0.25, 0.3) is 0 Å². The Labute approximate surface area is 99.5 Å². The van der Waals surface area contributed by atoms with Crippen molar-refractivity contribution in [3.05, 3.63) is 0 Å². The average Bonchev–Trinajstić information content (AvgIpc) is 3.05. The third kappa shape index (κ3) is 3.72. The molecular weight excluding hydrogens is 200 g/mol. The number of rotatable bonds is 5. The quantitative estimate of drug-likeness (QED) is 0.768. The lowest BCUT2D eigenvalue weighted by Gasteiger charge is -2.27. The number of nitrogens with zero attached hydrogens (tertiary/aromatic N) is 1. The normalized spacial score (nSPS) is 30.0. The summed E-state index contributed by atoms with van der Waals surface area (Å²) in [5.74, 6) is 0.944. The molecule has 2 atom stereocenters. The van der Waals surface area contributed by atoms with Gasteiger partial charge in [-0.3, -0.25) is 4.90 Å². The Balaban J connectivity index is 1.80. The van der Waals surface area contributed by atoms with Crippen LogP contribution in [-0.2, 0) is 4.74 Å². The standard InChI is InChI=1S/C13H26N2O/c1-3-14-13(12-5-6-12)10-15-7-4-8-16-11(2)9-15/h11-14H,3-10H2,1-2H3. The topological polar surface area (TPSA) is 24.5 Å². The van der Waals surface area contributed by atoms with E-state index in [1.807, 2.05) is 0 Å². The fourth-order valence-corrected chi connectivity index (χ4v) is 2.67. The van der Waals surface area contributed by atoms with Crippen molar-refractivity contribution >= 4 is 0 Å². The molecule has 1 aliphatic carbocycles. The summed E-state index contributed by atoms with van der Waals surface area (Å²) in [6.45, 7) is 9.97. The summed E-state index contributed by atoms with van der Waals surface area (Å²) in [5.41, 5.74) is 0. The van der Waals surface area contributed by atoms with Gasteiger partial charge in [0.15, 0.2) is 0 Å². The van der Waals surface area contributed by atoms with Crippen LogP contribution < -0.4 is 5.32 Å². The lowest BCUT2D eigenvalue weighted by atomic mass is 10.1. The van der Waals surface area contributed by atoms with Gasteiger partial charge in [0.05, 0.1) is 6.10 Å². The third-order valence-electron chi connectivity index (χ3n) is 3.65. The molecular formula is C13H26N2O. The molecule has 0 aromatic rings. The fourth-order valence-electron chi connectivity index (χ4n) is 2.67. The largest absolute Gasteiger partial charge is 0.377 e. The van der Waals surface area contributed by atoms with Gasteiger partial charge in [-0.25, -0.2) is 0 Å². The Hall–Kier alpha value is -0.120. The van der Waals surface area contributed by atoms with Crippen LogP contribution in [-0.4, -0.2) is 49.8 Å². The van der Waals surface area contributed by atoms with Crippen LogP contribution in [0.4, 0.5) is 0 Å². The number of likely N-dealkylation sites (N-methyl/N-ethyl adjacent to an activating group) is 1. The summed E-state index contributed by atoms with van der Waals surface area (Å²) in [7, 11) is 0. The monoisotopic (exact) mass is 226 g/mol. The molecule has 94 valence electrons. The summed E-state index contributed by atoms with van der Waals surface area (Å²) in [6, 6.07) is 0.718. The average molecular weight is 226 g/mol. The second-order valence-electron chi connectivity index (χ2n) is 5.30. The SMILES string of the molecule is CCNC(CN1CCCOC(C)C1)C1CC1. The van der Waals surface area contributed by atoms with E-state index >= 15 is 0 Å². The number of ether oxygens (including phenoxy) is 1. The molecule has 0 radical (unpaired) electrons. The molecule has 0 aromatic heterocycles. The van der Waals surface area contributed by atoms with Gasteiger partial charge in [-0.2, -0.15) is 0 Å². The zero-order valence-electron chi connectivity index (χ0n) is 10.7. The highest BCUT2D eigenvalue weighted by Crippen LogP contribution is 2.33. The Morgan fingerprint density at radius 2 is 2.25 bits per heavy atom. The molecule has 0 aromatic carbocycles. The molecule has 0 bridgehead atoms. The summed E-state index contributed by atoms with van der Waals surface area (Å²) >= 11 is 0. The van der Waals surface area contributed by atoms with Gasteiger partial charge in [0.2, 0.25) is 0 Å². The van der Waals surface area contributed by atoms with Crippen LogP contribution >= 0.6 is 0 Å². The first-order valence-electron chi connectivity index (χ1n) is 6.87. The minimum atomic E-state index is 0.406. The first-order valence-corrected chi connectivity index (χ1v) is 6.87. The summed E-state index contributed by atoms with van der Waals surface area (Å²) in [4.78, 5) is 2.59. The Bertz CT molecular complexity index is 206. The molecule has 0 spiro atoms. The predicted octanol–water partition coefficient (Wildman–Crippen LogP) is 1.49. The maximum Gasteiger partial charge on any atom is 0.0673 e. The molecule has 2 aliphatic rings. The predicted molar refractivity (Wildman–Crippen MR) is 66.7 cm³/mol. The van der Waals surface area contributed by atoms with Gasteiger partial charge in [0, 0.05) is 32.3 Å². The van der Waals surface area contributed by atoms with Crippen molar-refractivity contribution in [1.82, 2.24) is 10.2 Å². The smallest absolute Gasteiger partial charge is 0.0673 e. The Morgan fingerprint density at radius 1 is 1.44 bits per heavy atom. The van der Waals surface area contributed by atoms with Crippen molar-refractivity contribution in [2.75, 3.05) is 32.8 Å². The van der Waals surface area contributed by atoms with Crippen LogP contribution in [0.5, 0.6) is 0 Å². The van der Waals surface area contributed by atoms with Crippen LogP contribution in [0.2, 0.25) is 0 Å². The van der Waals surface area contributed by atoms with Crippen molar-refractivity contribution < 1.29 is 4.74 Å². The van der Waals surface area contributed by atoms with Gasteiger partial charge >= 0.3 is 0 Å².